The van der Waals surface area contributed by atoms with Gasteiger partial charge in [0.1, 0.15) is 0 Å². The first-order valence-corrected chi connectivity index (χ1v) is 17.1. The topological polar surface area (TPSA) is 87.7 Å². The number of carbonyl (C=O) groups excluding carboxylic acids is 1. The lowest BCUT2D eigenvalue weighted by Gasteiger charge is -2.41. The predicted octanol–water partition coefficient (Wildman–Crippen LogP) is 6.27. The van der Waals surface area contributed by atoms with Gasteiger partial charge in [-0.05, 0) is 103 Å². The van der Waals surface area contributed by atoms with Crippen LogP contribution in [0.15, 0.2) is 77.7 Å². The van der Waals surface area contributed by atoms with Gasteiger partial charge in [0.15, 0.2) is 0 Å². The molecule has 0 radical (unpaired) electrons. The summed E-state index contributed by atoms with van der Waals surface area (Å²) in [6.45, 7) is 0.902. The third-order valence-corrected chi connectivity index (χ3v) is 12.1. The molecule has 10 heteroatoms. The van der Waals surface area contributed by atoms with Gasteiger partial charge in [0, 0.05) is 41.1 Å². The number of methoxy groups -OCH3 is 1. The molecule has 43 heavy (non-hydrogen) atoms. The molecule has 228 valence electrons. The lowest BCUT2D eigenvalue weighted by atomic mass is 9.66. The Labute approximate surface area is 263 Å². The van der Waals surface area contributed by atoms with Crippen LogP contribution in [0.25, 0.3) is 0 Å². The van der Waals surface area contributed by atoms with E-state index in [2.05, 4.69) is 35.1 Å². The minimum absolute atomic E-state index is 0.125. The molecule has 0 amide bonds. The largest absolute Gasteiger partial charge is 0.465 e. The second-order valence-corrected chi connectivity index (χ2v) is 14.8. The number of sulfonamides is 1. The number of carbonyl (C=O) groups is 1. The molecule has 4 atom stereocenters. The standard InChI is InChI=1S/C33H37Cl2N3O4S/c1-42-33(39)25-3-2-4-28(19-25)43(40,41)38-17-15-23(16-18-38)32-29-20-24(9-14-30(29)36-37-32)31(21-5-10-26(34)11-6-21)22-7-12-27(35)13-8-22/h2-8,10-13,19,23-24,29-32,36-37H,9,14-18,20H2,1H3. The lowest BCUT2D eigenvalue weighted by Crippen LogP contribution is -2.46. The molecule has 3 aromatic carbocycles. The lowest BCUT2D eigenvalue weighted by molar-refractivity contribution is 0.0600. The number of piperidine rings is 1. The van der Waals surface area contributed by atoms with Gasteiger partial charge >= 0.3 is 5.97 Å². The van der Waals surface area contributed by atoms with Gasteiger partial charge in [-0.2, -0.15) is 4.31 Å². The normalized spacial score (nSPS) is 25.0. The summed E-state index contributed by atoms with van der Waals surface area (Å²) in [6, 6.07) is 23.2. The Kier molecular flexibility index (Phi) is 9.15. The minimum atomic E-state index is -3.71. The molecule has 4 unspecified atom stereocenters. The average molecular weight is 643 g/mol. The van der Waals surface area contributed by atoms with E-state index in [-0.39, 0.29) is 22.4 Å². The zero-order valence-electron chi connectivity index (χ0n) is 24.1. The van der Waals surface area contributed by atoms with Crippen LogP contribution in [0.1, 0.15) is 59.5 Å². The maximum Gasteiger partial charge on any atom is 0.337 e. The van der Waals surface area contributed by atoms with Gasteiger partial charge in [-0.3, -0.25) is 10.9 Å². The van der Waals surface area contributed by atoms with E-state index in [0.717, 1.165) is 42.1 Å². The van der Waals surface area contributed by atoms with Crippen molar-refractivity contribution in [1.29, 1.82) is 0 Å². The first-order chi connectivity index (χ1) is 20.7. The number of hydrogen-bond donors (Lipinski definition) is 2. The monoisotopic (exact) mass is 641 g/mol. The Hall–Kier alpha value is -2.46. The number of halogens is 2. The number of esters is 1. The highest BCUT2D eigenvalue weighted by Gasteiger charge is 2.46. The number of hydrazine groups is 1. The zero-order valence-corrected chi connectivity index (χ0v) is 26.4. The Morgan fingerprint density at radius 2 is 1.51 bits per heavy atom. The van der Waals surface area contributed by atoms with Crippen molar-refractivity contribution < 1.29 is 17.9 Å². The molecule has 2 aliphatic heterocycles. The van der Waals surface area contributed by atoms with E-state index in [1.807, 2.05) is 24.3 Å². The van der Waals surface area contributed by atoms with Gasteiger partial charge in [-0.25, -0.2) is 13.2 Å². The first-order valence-electron chi connectivity index (χ1n) is 14.9. The van der Waals surface area contributed by atoms with Gasteiger partial charge < -0.3 is 4.74 Å². The van der Waals surface area contributed by atoms with Crippen molar-refractivity contribution in [1.82, 2.24) is 15.2 Å². The van der Waals surface area contributed by atoms with E-state index in [1.54, 1.807) is 22.5 Å². The first kappa shape index (κ1) is 30.6. The minimum Gasteiger partial charge on any atom is -0.465 e. The molecule has 0 aromatic heterocycles. The molecule has 2 heterocycles. The van der Waals surface area contributed by atoms with Gasteiger partial charge in [0.2, 0.25) is 10.0 Å². The molecule has 1 aliphatic carbocycles. The van der Waals surface area contributed by atoms with Crippen molar-refractivity contribution in [3.05, 3.63) is 99.5 Å². The predicted molar refractivity (Wildman–Crippen MR) is 169 cm³/mol. The van der Waals surface area contributed by atoms with E-state index < -0.39 is 16.0 Å². The van der Waals surface area contributed by atoms with E-state index in [1.165, 1.54) is 24.3 Å². The number of fused-ring (bicyclic) bond motifs is 1. The third-order valence-electron chi connectivity index (χ3n) is 9.67. The highest BCUT2D eigenvalue weighted by molar-refractivity contribution is 7.89. The van der Waals surface area contributed by atoms with Crippen LogP contribution < -0.4 is 10.9 Å². The van der Waals surface area contributed by atoms with Crippen molar-refractivity contribution >= 4 is 39.2 Å². The van der Waals surface area contributed by atoms with Crippen LogP contribution in [0.5, 0.6) is 0 Å². The molecule has 3 fully saturated rings. The molecule has 0 spiro atoms. The number of nitrogens with zero attached hydrogens (tertiary/aromatic N) is 1. The Balaban J connectivity index is 1.16. The summed E-state index contributed by atoms with van der Waals surface area (Å²) >= 11 is 12.5. The summed E-state index contributed by atoms with van der Waals surface area (Å²) in [5.41, 5.74) is 9.98. The maximum atomic E-state index is 13.5. The number of nitrogens with one attached hydrogen (secondary N) is 2. The molecule has 1 saturated carbocycles. The Morgan fingerprint density at radius 3 is 2.12 bits per heavy atom. The quantitative estimate of drug-likeness (QED) is 0.296. The SMILES string of the molecule is COC(=O)c1cccc(S(=O)(=O)N2CCC(C3NNC4CCC(C(c5ccc(Cl)cc5)c5ccc(Cl)cc5)CC43)CC2)c1. The van der Waals surface area contributed by atoms with E-state index in [4.69, 9.17) is 27.9 Å². The summed E-state index contributed by atoms with van der Waals surface area (Å²) in [6.07, 6.45) is 4.83. The zero-order chi connectivity index (χ0) is 30.1. The highest BCUT2D eigenvalue weighted by atomic mass is 35.5. The summed E-state index contributed by atoms with van der Waals surface area (Å²) in [4.78, 5) is 12.1. The number of rotatable bonds is 7. The molecular formula is C33H37Cl2N3O4S. The van der Waals surface area contributed by atoms with Crippen molar-refractivity contribution in [2.24, 2.45) is 17.8 Å². The maximum absolute atomic E-state index is 13.5. The van der Waals surface area contributed by atoms with E-state index >= 15 is 0 Å². The van der Waals surface area contributed by atoms with Crippen LogP contribution in [-0.2, 0) is 14.8 Å². The molecule has 2 saturated heterocycles. The van der Waals surface area contributed by atoms with Crippen LogP contribution in [0.2, 0.25) is 10.0 Å². The summed E-state index contributed by atoms with van der Waals surface area (Å²) < 4.78 is 33.3. The molecule has 3 aliphatic rings. The molecule has 6 rings (SSSR count). The van der Waals surface area contributed by atoms with E-state index in [9.17, 15) is 13.2 Å². The molecule has 0 bridgehead atoms. The molecule has 3 aromatic rings. The summed E-state index contributed by atoms with van der Waals surface area (Å²) in [5.74, 6) is 0.953. The average Bonchev–Trinajstić information content (AvgIpc) is 3.46. The molecular weight excluding hydrogens is 605 g/mol. The van der Waals surface area contributed by atoms with Crippen LogP contribution in [0.3, 0.4) is 0 Å². The fraction of sp³-hybridized carbons (Fsp3) is 0.424. The number of benzene rings is 3. The van der Waals surface area contributed by atoms with Gasteiger partial charge in [-0.1, -0.05) is 53.5 Å². The second-order valence-electron chi connectivity index (χ2n) is 12.0. The van der Waals surface area contributed by atoms with Crippen molar-refractivity contribution in [2.45, 2.75) is 55.0 Å². The van der Waals surface area contributed by atoms with Crippen LogP contribution >= 0.6 is 23.2 Å². The fourth-order valence-corrected chi connectivity index (χ4v) is 9.27. The van der Waals surface area contributed by atoms with Gasteiger partial charge in [0.05, 0.1) is 17.6 Å². The smallest absolute Gasteiger partial charge is 0.337 e. The highest BCUT2D eigenvalue weighted by Crippen LogP contribution is 2.46. The molecule has 2 N–H and O–H groups in total. The third kappa shape index (κ3) is 6.37. The van der Waals surface area contributed by atoms with Crippen molar-refractivity contribution in [2.75, 3.05) is 20.2 Å². The van der Waals surface area contributed by atoms with Crippen molar-refractivity contribution in [3.63, 3.8) is 0 Å². The van der Waals surface area contributed by atoms with Gasteiger partial charge in [0.25, 0.3) is 0 Å². The van der Waals surface area contributed by atoms with E-state index in [0.29, 0.717) is 36.9 Å². The van der Waals surface area contributed by atoms with Crippen molar-refractivity contribution in [3.8, 4) is 0 Å². The molecule has 7 nitrogen and oxygen atoms in total. The summed E-state index contributed by atoms with van der Waals surface area (Å²) in [7, 11) is -2.43. The van der Waals surface area contributed by atoms with Crippen LogP contribution in [0.4, 0.5) is 0 Å². The Bertz CT molecular complexity index is 1500. The fourth-order valence-electron chi connectivity index (χ4n) is 7.50. The number of ether oxygens (including phenoxy) is 1. The van der Waals surface area contributed by atoms with Crippen LogP contribution in [-0.4, -0.2) is 51.0 Å². The second kappa shape index (κ2) is 12.9. The Morgan fingerprint density at radius 1 is 0.884 bits per heavy atom. The summed E-state index contributed by atoms with van der Waals surface area (Å²) in [5, 5.41) is 1.46. The van der Waals surface area contributed by atoms with Crippen LogP contribution in [0, 0.1) is 17.8 Å². The number of hydrogen-bond acceptors (Lipinski definition) is 6. The van der Waals surface area contributed by atoms with Gasteiger partial charge in [-0.15, -0.1) is 0 Å².